The number of nitrogens with one attached hydrogen (secondary N) is 1. The lowest BCUT2D eigenvalue weighted by molar-refractivity contribution is 0.0995. The predicted molar refractivity (Wildman–Crippen MR) is 60.6 cm³/mol. The largest absolute Gasteiger partial charge is 0.459 e. The molecule has 1 amide bonds. The van der Waals surface area contributed by atoms with Crippen LogP contribution in [-0.2, 0) is 0 Å². The van der Waals surface area contributed by atoms with Crippen molar-refractivity contribution in [3.63, 3.8) is 0 Å². The van der Waals surface area contributed by atoms with Crippen molar-refractivity contribution in [2.45, 2.75) is 6.92 Å². The third-order valence-corrected chi connectivity index (χ3v) is 2.27. The van der Waals surface area contributed by atoms with Crippen LogP contribution in [0.5, 0.6) is 0 Å². The normalized spacial score (nSPS) is 10.1. The standard InChI is InChI=1S/C11H9ClN2O2/c1-7-3-5-16-10(7)11(15)14-9-6-8(12)2-4-13-9/h2-6H,1H3,(H,13,14,15). The Morgan fingerprint density at radius 1 is 1.50 bits per heavy atom. The van der Waals surface area contributed by atoms with Crippen LogP contribution in [0, 0.1) is 6.92 Å². The van der Waals surface area contributed by atoms with Crippen LogP contribution in [0.1, 0.15) is 16.1 Å². The zero-order valence-electron chi connectivity index (χ0n) is 8.53. The molecule has 0 aliphatic heterocycles. The maximum Gasteiger partial charge on any atom is 0.292 e. The van der Waals surface area contributed by atoms with Crippen molar-refractivity contribution >= 4 is 23.3 Å². The molecule has 2 aromatic heterocycles. The lowest BCUT2D eigenvalue weighted by Crippen LogP contribution is -2.12. The minimum absolute atomic E-state index is 0.279. The summed E-state index contributed by atoms with van der Waals surface area (Å²) >= 11 is 5.77. The van der Waals surface area contributed by atoms with Gasteiger partial charge in [0, 0.05) is 16.8 Å². The molecule has 0 unspecified atom stereocenters. The van der Waals surface area contributed by atoms with E-state index in [0.29, 0.717) is 10.8 Å². The minimum Gasteiger partial charge on any atom is -0.459 e. The first-order valence-electron chi connectivity index (χ1n) is 4.64. The number of hydrogen-bond donors (Lipinski definition) is 1. The van der Waals surface area contributed by atoms with Gasteiger partial charge in [-0.25, -0.2) is 4.98 Å². The second-order valence-electron chi connectivity index (χ2n) is 3.25. The first kappa shape index (κ1) is 10.7. The maximum atomic E-state index is 11.7. The molecule has 2 heterocycles. The van der Waals surface area contributed by atoms with E-state index < -0.39 is 0 Å². The van der Waals surface area contributed by atoms with Gasteiger partial charge in [0.05, 0.1) is 6.26 Å². The second-order valence-corrected chi connectivity index (χ2v) is 3.68. The SMILES string of the molecule is Cc1ccoc1C(=O)Nc1cc(Cl)ccn1. The Bertz CT molecular complexity index is 522. The quantitative estimate of drug-likeness (QED) is 0.872. The number of anilines is 1. The Labute approximate surface area is 97.2 Å². The fraction of sp³-hybridized carbons (Fsp3) is 0.0909. The van der Waals surface area contributed by atoms with Gasteiger partial charge >= 0.3 is 0 Å². The van der Waals surface area contributed by atoms with E-state index in [-0.39, 0.29) is 11.7 Å². The molecule has 0 bridgehead atoms. The van der Waals surface area contributed by atoms with Gasteiger partial charge in [0.15, 0.2) is 5.76 Å². The zero-order valence-corrected chi connectivity index (χ0v) is 9.28. The summed E-state index contributed by atoms with van der Waals surface area (Å²) in [5.74, 6) is 0.340. The highest BCUT2D eigenvalue weighted by Gasteiger charge is 2.13. The van der Waals surface area contributed by atoms with Crippen molar-refractivity contribution in [1.82, 2.24) is 4.98 Å². The van der Waals surface area contributed by atoms with Crippen LogP contribution in [0.25, 0.3) is 0 Å². The van der Waals surface area contributed by atoms with Crippen LogP contribution in [0.15, 0.2) is 35.1 Å². The number of aromatic nitrogens is 1. The number of rotatable bonds is 2. The molecule has 4 nitrogen and oxygen atoms in total. The summed E-state index contributed by atoms with van der Waals surface area (Å²) in [4.78, 5) is 15.7. The topological polar surface area (TPSA) is 55.1 Å². The maximum absolute atomic E-state index is 11.7. The molecule has 5 heteroatoms. The predicted octanol–water partition coefficient (Wildman–Crippen LogP) is 2.89. The van der Waals surface area contributed by atoms with Gasteiger partial charge in [-0.2, -0.15) is 0 Å². The number of amides is 1. The highest BCUT2D eigenvalue weighted by Crippen LogP contribution is 2.14. The Morgan fingerprint density at radius 2 is 2.31 bits per heavy atom. The van der Waals surface area contributed by atoms with Crippen LogP contribution in [0.3, 0.4) is 0 Å². The molecule has 2 rings (SSSR count). The molecule has 0 saturated carbocycles. The fourth-order valence-electron chi connectivity index (χ4n) is 1.25. The molecule has 16 heavy (non-hydrogen) atoms. The molecule has 0 aliphatic carbocycles. The first-order valence-corrected chi connectivity index (χ1v) is 5.01. The van der Waals surface area contributed by atoms with Crippen molar-refractivity contribution in [2.24, 2.45) is 0 Å². The number of carbonyl (C=O) groups excluding carboxylic acids is 1. The molecule has 0 radical (unpaired) electrons. The van der Waals surface area contributed by atoms with Gasteiger partial charge in [0.1, 0.15) is 5.82 Å². The number of nitrogens with zero attached hydrogens (tertiary/aromatic N) is 1. The van der Waals surface area contributed by atoms with E-state index in [9.17, 15) is 4.79 Å². The molecule has 82 valence electrons. The third-order valence-electron chi connectivity index (χ3n) is 2.03. The lowest BCUT2D eigenvalue weighted by Gasteiger charge is -2.02. The van der Waals surface area contributed by atoms with Crippen molar-refractivity contribution in [3.05, 3.63) is 47.0 Å². The average Bonchev–Trinajstić information content (AvgIpc) is 2.64. The second kappa shape index (κ2) is 4.37. The Kier molecular flexibility index (Phi) is 2.92. The van der Waals surface area contributed by atoms with Gasteiger partial charge in [0.2, 0.25) is 0 Å². The Balaban J connectivity index is 2.17. The molecule has 0 atom stereocenters. The van der Waals surface area contributed by atoms with Crippen LogP contribution >= 0.6 is 11.6 Å². The molecular formula is C11H9ClN2O2. The number of carbonyl (C=O) groups is 1. The van der Waals surface area contributed by atoms with E-state index in [1.54, 1.807) is 25.1 Å². The van der Waals surface area contributed by atoms with Gasteiger partial charge in [-0.15, -0.1) is 0 Å². The summed E-state index contributed by atoms with van der Waals surface area (Å²) in [6.45, 7) is 1.80. The lowest BCUT2D eigenvalue weighted by atomic mass is 10.3. The molecule has 0 spiro atoms. The van der Waals surface area contributed by atoms with E-state index in [4.69, 9.17) is 16.0 Å². The van der Waals surface area contributed by atoms with E-state index >= 15 is 0 Å². The van der Waals surface area contributed by atoms with E-state index in [1.807, 2.05) is 0 Å². The molecule has 0 aromatic carbocycles. The summed E-state index contributed by atoms with van der Waals surface area (Å²) in [5, 5.41) is 3.11. The number of aryl methyl sites for hydroxylation is 1. The first-order chi connectivity index (χ1) is 7.66. The highest BCUT2D eigenvalue weighted by atomic mass is 35.5. The number of furan rings is 1. The monoisotopic (exact) mass is 236 g/mol. The summed E-state index contributed by atoms with van der Waals surface area (Å²) in [5.41, 5.74) is 0.777. The van der Waals surface area contributed by atoms with E-state index in [0.717, 1.165) is 5.56 Å². The molecule has 0 fully saturated rings. The van der Waals surface area contributed by atoms with Crippen molar-refractivity contribution in [1.29, 1.82) is 0 Å². The highest BCUT2D eigenvalue weighted by molar-refractivity contribution is 6.30. The number of halogens is 1. The number of hydrogen-bond acceptors (Lipinski definition) is 3. The van der Waals surface area contributed by atoms with Crippen molar-refractivity contribution in [3.8, 4) is 0 Å². The molecule has 0 saturated heterocycles. The summed E-state index contributed by atoms with van der Waals surface area (Å²) in [6.07, 6.45) is 2.99. The fourth-order valence-corrected chi connectivity index (χ4v) is 1.41. The van der Waals surface area contributed by atoms with E-state index in [1.165, 1.54) is 12.5 Å². The van der Waals surface area contributed by atoms with Gasteiger partial charge < -0.3 is 9.73 Å². The average molecular weight is 237 g/mol. The van der Waals surface area contributed by atoms with Gasteiger partial charge in [-0.3, -0.25) is 4.79 Å². The van der Waals surface area contributed by atoms with Gasteiger partial charge in [-0.1, -0.05) is 11.6 Å². The number of pyridine rings is 1. The zero-order chi connectivity index (χ0) is 11.5. The summed E-state index contributed by atoms with van der Waals surface area (Å²) < 4.78 is 5.06. The van der Waals surface area contributed by atoms with Crippen molar-refractivity contribution in [2.75, 3.05) is 5.32 Å². The van der Waals surface area contributed by atoms with Gasteiger partial charge in [0.25, 0.3) is 5.91 Å². The third kappa shape index (κ3) is 2.23. The summed E-state index contributed by atoms with van der Waals surface area (Å²) in [7, 11) is 0. The van der Waals surface area contributed by atoms with Crippen LogP contribution in [0.4, 0.5) is 5.82 Å². The molecular weight excluding hydrogens is 228 g/mol. The van der Waals surface area contributed by atoms with Crippen LogP contribution in [-0.4, -0.2) is 10.9 Å². The molecule has 2 aromatic rings. The Hall–Kier alpha value is -1.81. The minimum atomic E-state index is -0.336. The summed E-state index contributed by atoms with van der Waals surface area (Å²) in [6, 6.07) is 4.92. The van der Waals surface area contributed by atoms with Gasteiger partial charge in [-0.05, 0) is 25.1 Å². The van der Waals surface area contributed by atoms with Crippen LogP contribution < -0.4 is 5.32 Å². The molecule has 1 N–H and O–H groups in total. The smallest absolute Gasteiger partial charge is 0.292 e. The van der Waals surface area contributed by atoms with Crippen LogP contribution in [0.2, 0.25) is 5.02 Å². The van der Waals surface area contributed by atoms with Crippen molar-refractivity contribution < 1.29 is 9.21 Å². The van der Waals surface area contributed by atoms with E-state index in [2.05, 4.69) is 10.3 Å². The Morgan fingerprint density at radius 3 is 2.94 bits per heavy atom. The molecule has 0 aliphatic rings.